The molecule has 2 aromatic carbocycles. The molecule has 0 atom stereocenters. The Hall–Kier alpha value is -3.81. The first-order chi connectivity index (χ1) is 18.3. The third kappa shape index (κ3) is 4.12. The first kappa shape index (κ1) is 24.5. The maximum Gasteiger partial charge on any atom is 0.264 e. The Kier molecular flexibility index (Phi) is 6.13. The van der Waals surface area contributed by atoms with Gasteiger partial charge in [-0.05, 0) is 74.1 Å². The molecule has 8 heteroatoms. The predicted octanol–water partition coefficient (Wildman–Crippen LogP) is 6.42. The molecule has 0 amide bonds. The Bertz CT molecular complexity index is 1610. The van der Waals surface area contributed by atoms with Crippen LogP contribution in [0.5, 0.6) is 0 Å². The highest BCUT2D eigenvalue weighted by Crippen LogP contribution is 2.43. The maximum atomic E-state index is 14.5. The van der Waals surface area contributed by atoms with Crippen LogP contribution in [-0.2, 0) is 18.3 Å². The predicted molar refractivity (Wildman–Crippen MR) is 144 cm³/mol. The number of pyridine rings is 1. The molecular weight excluding hydrogens is 486 g/mol. The van der Waals surface area contributed by atoms with Crippen molar-refractivity contribution in [1.29, 1.82) is 0 Å². The van der Waals surface area contributed by atoms with Crippen LogP contribution in [0.4, 0.5) is 20.2 Å². The molecular formula is C30H30F2N4O2. The number of ketones is 1. The topological polar surface area (TPSA) is 60.1 Å². The average molecular weight is 517 g/mol. The molecule has 1 aliphatic carbocycles. The summed E-state index contributed by atoms with van der Waals surface area (Å²) in [7, 11) is 1.76. The fourth-order valence-electron chi connectivity index (χ4n) is 6.06. The second-order valence-corrected chi connectivity index (χ2v) is 10.5. The lowest BCUT2D eigenvalue weighted by Crippen LogP contribution is -2.26. The molecule has 196 valence electrons. The summed E-state index contributed by atoms with van der Waals surface area (Å²) in [6, 6.07) is 11.4. The quantitative estimate of drug-likeness (QED) is 0.314. The summed E-state index contributed by atoms with van der Waals surface area (Å²) in [4.78, 5) is 26.3. The molecule has 38 heavy (non-hydrogen) atoms. The molecule has 0 spiro atoms. The van der Waals surface area contributed by atoms with Crippen molar-refractivity contribution in [3.05, 3.63) is 75.8 Å². The zero-order chi connectivity index (χ0) is 26.6. The minimum atomic E-state index is -2.65. The number of carbonyl (C=O) groups excluding carboxylic acids is 1. The van der Waals surface area contributed by atoms with Crippen molar-refractivity contribution in [3.8, 4) is 11.1 Å². The molecule has 2 aliphatic rings. The number of nitrogens with zero attached hydrogens (tertiary/aromatic N) is 4. The molecule has 2 aromatic heterocycles. The molecule has 1 aliphatic heterocycles. The largest absolute Gasteiger partial charge is 0.341 e. The molecule has 1 fully saturated rings. The van der Waals surface area contributed by atoms with Crippen LogP contribution >= 0.6 is 0 Å². The summed E-state index contributed by atoms with van der Waals surface area (Å²) in [5, 5.41) is 5.42. The van der Waals surface area contributed by atoms with E-state index < -0.39 is 6.43 Å². The number of halogens is 2. The van der Waals surface area contributed by atoms with E-state index in [2.05, 4.69) is 10.00 Å². The number of benzene rings is 2. The molecule has 0 saturated heterocycles. The van der Waals surface area contributed by atoms with Crippen LogP contribution in [0.3, 0.4) is 0 Å². The van der Waals surface area contributed by atoms with Gasteiger partial charge in [0, 0.05) is 60.4 Å². The highest BCUT2D eigenvalue weighted by atomic mass is 19.3. The van der Waals surface area contributed by atoms with E-state index in [0.717, 1.165) is 53.5 Å². The lowest BCUT2D eigenvalue weighted by molar-refractivity contribution is -0.120. The number of fused-ring (bicyclic) bond motifs is 2. The van der Waals surface area contributed by atoms with E-state index in [1.54, 1.807) is 30.8 Å². The van der Waals surface area contributed by atoms with E-state index in [4.69, 9.17) is 0 Å². The third-order valence-corrected chi connectivity index (χ3v) is 8.12. The van der Waals surface area contributed by atoms with Gasteiger partial charge in [0.15, 0.2) is 0 Å². The first-order valence-electron chi connectivity index (χ1n) is 13.2. The van der Waals surface area contributed by atoms with Gasteiger partial charge >= 0.3 is 0 Å². The number of Topliss-reactive ketones (excluding diaryl/α,β-unsaturated/α-hetero) is 1. The summed E-state index contributed by atoms with van der Waals surface area (Å²) >= 11 is 0. The summed E-state index contributed by atoms with van der Waals surface area (Å²) in [5.74, 6) is 0.274. The molecule has 0 N–H and O–H groups in total. The second kappa shape index (κ2) is 9.49. The van der Waals surface area contributed by atoms with Crippen molar-refractivity contribution in [3.63, 3.8) is 0 Å². The van der Waals surface area contributed by atoms with E-state index in [-0.39, 0.29) is 22.9 Å². The van der Waals surface area contributed by atoms with Crippen molar-refractivity contribution in [1.82, 2.24) is 14.3 Å². The van der Waals surface area contributed by atoms with E-state index in [1.807, 2.05) is 41.2 Å². The normalized spacial score (nSPS) is 16.4. The lowest BCUT2D eigenvalue weighted by Gasteiger charge is -2.33. The first-order valence-corrected chi connectivity index (χ1v) is 13.2. The molecule has 3 heterocycles. The van der Waals surface area contributed by atoms with Gasteiger partial charge in [-0.1, -0.05) is 6.07 Å². The van der Waals surface area contributed by atoms with Crippen LogP contribution in [-0.4, -0.2) is 26.7 Å². The van der Waals surface area contributed by atoms with Gasteiger partial charge in [0.1, 0.15) is 5.78 Å². The maximum absolute atomic E-state index is 14.5. The number of rotatable bonds is 4. The van der Waals surface area contributed by atoms with Crippen LogP contribution in [0.1, 0.15) is 61.3 Å². The molecule has 4 aromatic rings. The smallest absolute Gasteiger partial charge is 0.264 e. The number of alkyl halides is 2. The van der Waals surface area contributed by atoms with Gasteiger partial charge in [-0.3, -0.25) is 14.3 Å². The van der Waals surface area contributed by atoms with Crippen LogP contribution in [0, 0.1) is 6.92 Å². The summed E-state index contributed by atoms with van der Waals surface area (Å²) < 4.78 is 32.5. The van der Waals surface area contributed by atoms with E-state index >= 15 is 0 Å². The van der Waals surface area contributed by atoms with Gasteiger partial charge in [0.2, 0.25) is 0 Å². The number of aryl methyl sites for hydroxylation is 3. The Morgan fingerprint density at radius 3 is 2.58 bits per heavy atom. The van der Waals surface area contributed by atoms with Crippen molar-refractivity contribution >= 4 is 28.1 Å². The fourth-order valence-corrected chi connectivity index (χ4v) is 6.06. The zero-order valence-corrected chi connectivity index (χ0v) is 21.6. The summed E-state index contributed by atoms with van der Waals surface area (Å²) in [6.07, 6.45) is 5.10. The van der Waals surface area contributed by atoms with Gasteiger partial charge < -0.3 is 9.47 Å². The highest BCUT2D eigenvalue weighted by Gasteiger charge is 2.27. The monoisotopic (exact) mass is 516 g/mol. The Labute approximate surface area is 219 Å². The number of anilines is 2. The molecule has 0 radical (unpaired) electrons. The van der Waals surface area contributed by atoms with Gasteiger partial charge in [-0.2, -0.15) is 5.10 Å². The van der Waals surface area contributed by atoms with Crippen molar-refractivity contribution in [2.75, 3.05) is 11.4 Å². The lowest BCUT2D eigenvalue weighted by atomic mass is 9.92. The van der Waals surface area contributed by atoms with Gasteiger partial charge in [0.05, 0.1) is 23.4 Å². The highest BCUT2D eigenvalue weighted by molar-refractivity contribution is 5.95. The molecule has 0 bridgehead atoms. The van der Waals surface area contributed by atoms with E-state index in [0.29, 0.717) is 36.1 Å². The Morgan fingerprint density at radius 1 is 1.03 bits per heavy atom. The van der Waals surface area contributed by atoms with Crippen molar-refractivity contribution in [2.45, 2.75) is 57.9 Å². The fraction of sp³-hybridized carbons (Fsp3) is 0.367. The minimum Gasteiger partial charge on any atom is -0.341 e. The SMILES string of the molecule is Cc1cc2c(N3CCCc4cc(-c5cnn(C6CCC(=O)CC6)c5)c(C(F)F)cc43)cccc2n(C)c1=O. The zero-order valence-electron chi connectivity index (χ0n) is 21.6. The van der Waals surface area contributed by atoms with Gasteiger partial charge in [-0.15, -0.1) is 0 Å². The Morgan fingerprint density at radius 2 is 1.82 bits per heavy atom. The van der Waals surface area contributed by atoms with Crippen LogP contribution in [0.25, 0.3) is 22.0 Å². The summed E-state index contributed by atoms with van der Waals surface area (Å²) in [5.41, 5.74) is 5.30. The van der Waals surface area contributed by atoms with Gasteiger partial charge in [0.25, 0.3) is 12.0 Å². The third-order valence-electron chi connectivity index (χ3n) is 8.12. The van der Waals surface area contributed by atoms with Crippen LogP contribution in [0.15, 0.2) is 53.6 Å². The van der Waals surface area contributed by atoms with Crippen molar-refractivity contribution in [2.24, 2.45) is 7.05 Å². The number of hydrogen-bond donors (Lipinski definition) is 0. The number of aromatic nitrogens is 3. The average Bonchev–Trinajstić information content (AvgIpc) is 3.41. The Balaban J connectivity index is 1.44. The van der Waals surface area contributed by atoms with Crippen LogP contribution in [0.2, 0.25) is 0 Å². The molecule has 0 unspecified atom stereocenters. The van der Waals surface area contributed by atoms with E-state index in [1.165, 1.54) is 0 Å². The summed E-state index contributed by atoms with van der Waals surface area (Å²) in [6.45, 7) is 2.50. The number of hydrogen-bond acceptors (Lipinski definition) is 4. The molecule has 1 saturated carbocycles. The van der Waals surface area contributed by atoms with E-state index in [9.17, 15) is 18.4 Å². The minimum absolute atomic E-state index is 0.0159. The van der Waals surface area contributed by atoms with Crippen molar-refractivity contribution < 1.29 is 13.6 Å². The van der Waals surface area contributed by atoms with Gasteiger partial charge in [-0.25, -0.2) is 8.78 Å². The standard InChI is InChI=1S/C30H30F2N4O2/c1-18-13-25-26(34(2)30(18)38)6-3-7-27(25)35-12-4-5-19-14-23(24(29(31)32)15-28(19)35)20-16-33-36(17-20)21-8-10-22(37)11-9-21/h3,6-7,13-17,21,29H,4-5,8-12H2,1-2H3. The molecule has 6 nitrogen and oxygen atoms in total. The van der Waals surface area contributed by atoms with Crippen LogP contribution < -0.4 is 10.5 Å². The number of carbonyl (C=O) groups is 1. The second-order valence-electron chi connectivity index (χ2n) is 10.5. The molecule has 6 rings (SSSR count).